The maximum Gasteiger partial charge on any atom is 0.144 e. The second-order valence-electron chi connectivity index (χ2n) is 4.75. The molecule has 1 aliphatic heterocycles. The molecular formula is C12H21N5. The first-order valence-electron chi connectivity index (χ1n) is 6.24. The SMILES string of the molecule is CCC1CN(Cc2nccc(N)n2)CCC1N. The molecule has 0 saturated carbocycles. The van der Waals surface area contributed by atoms with Gasteiger partial charge in [0.1, 0.15) is 11.6 Å². The van der Waals surface area contributed by atoms with Crippen molar-refractivity contribution in [1.29, 1.82) is 0 Å². The Morgan fingerprint density at radius 2 is 2.35 bits per heavy atom. The second kappa shape index (κ2) is 5.42. The number of piperidine rings is 1. The predicted octanol–water partition coefficient (Wildman–Crippen LogP) is 0.618. The number of hydrogen-bond acceptors (Lipinski definition) is 5. The number of anilines is 1. The summed E-state index contributed by atoms with van der Waals surface area (Å²) >= 11 is 0. The van der Waals surface area contributed by atoms with Crippen LogP contribution in [-0.2, 0) is 6.54 Å². The van der Waals surface area contributed by atoms with E-state index in [1.54, 1.807) is 12.3 Å². The highest BCUT2D eigenvalue weighted by Gasteiger charge is 2.25. The molecular weight excluding hydrogens is 214 g/mol. The Morgan fingerprint density at radius 1 is 1.53 bits per heavy atom. The van der Waals surface area contributed by atoms with Gasteiger partial charge in [0.05, 0.1) is 6.54 Å². The van der Waals surface area contributed by atoms with Crippen LogP contribution >= 0.6 is 0 Å². The molecule has 2 heterocycles. The van der Waals surface area contributed by atoms with Crippen molar-refractivity contribution in [2.24, 2.45) is 11.7 Å². The van der Waals surface area contributed by atoms with Crippen LogP contribution in [0.25, 0.3) is 0 Å². The number of nitrogens with two attached hydrogens (primary N) is 2. The van der Waals surface area contributed by atoms with Crippen molar-refractivity contribution in [3.8, 4) is 0 Å². The fourth-order valence-electron chi connectivity index (χ4n) is 2.39. The van der Waals surface area contributed by atoms with Crippen LogP contribution in [0.2, 0.25) is 0 Å². The highest BCUT2D eigenvalue weighted by atomic mass is 15.2. The Morgan fingerprint density at radius 3 is 3.06 bits per heavy atom. The monoisotopic (exact) mass is 235 g/mol. The summed E-state index contributed by atoms with van der Waals surface area (Å²) in [6, 6.07) is 2.06. The zero-order chi connectivity index (χ0) is 12.3. The zero-order valence-corrected chi connectivity index (χ0v) is 10.3. The van der Waals surface area contributed by atoms with Crippen LogP contribution in [0.1, 0.15) is 25.6 Å². The standard InChI is InChI=1S/C12H21N5/c1-2-9-7-17(6-4-10(9)13)8-12-15-5-3-11(14)16-12/h3,5,9-10H,2,4,6-8,13H2,1H3,(H2,14,15,16). The van der Waals surface area contributed by atoms with Crippen molar-refractivity contribution in [2.75, 3.05) is 18.8 Å². The van der Waals surface area contributed by atoms with Gasteiger partial charge in [0.15, 0.2) is 0 Å². The minimum Gasteiger partial charge on any atom is -0.384 e. The van der Waals surface area contributed by atoms with Gasteiger partial charge in [-0.2, -0.15) is 0 Å². The first-order valence-corrected chi connectivity index (χ1v) is 6.24. The zero-order valence-electron chi connectivity index (χ0n) is 10.3. The van der Waals surface area contributed by atoms with Crippen LogP contribution in [-0.4, -0.2) is 34.0 Å². The molecule has 1 saturated heterocycles. The smallest absolute Gasteiger partial charge is 0.144 e. The van der Waals surface area contributed by atoms with Gasteiger partial charge in [0.2, 0.25) is 0 Å². The molecule has 0 spiro atoms. The van der Waals surface area contributed by atoms with E-state index in [1.165, 1.54) is 0 Å². The molecule has 0 aliphatic carbocycles. The first-order chi connectivity index (χ1) is 8.19. The lowest BCUT2D eigenvalue weighted by Gasteiger charge is -2.36. The molecule has 0 aromatic carbocycles. The lowest BCUT2D eigenvalue weighted by molar-refractivity contribution is 0.142. The molecule has 2 atom stereocenters. The van der Waals surface area contributed by atoms with Gasteiger partial charge in [-0.25, -0.2) is 9.97 Å². The lowest BCUT2D eigenvalue weighted by atomic mass is 9.91. The van der Waals surface area contributed by atoms with E-state index in [0.29, 0.717) is 17.8 Å². The van der Waals surface area contributed by atoms with Crippen molar-refractivity contribution in [1.82, 2.24) is 14.9 Å². The predicted molar refractivity (Wildman–Crippen MR) is 68.1 cm³/mol. The summed E-state index contributed by atoms with van der Waals surface area (Å²) < 4.78 is 0. The summed E-state index contributed by atoms with van der Waals surface area (Å²) in [5.41, 5.74) is 11.7. The second-order valence-corrected chi connectivity index (χ2v) is 4.75. The van der Waals surface area contributed by atoms with E-state index in [-0.39, 0.29) is 0 Å². The fraction of sp³-hybridized carbons (Fsp3) is 0.667. The molecule has 4 N–H and O–H groups in total. The van der Waals surface area contributed by atoms with Gasteiger partial charge in [-0.15, -0.1) is 0 Å². The Hall–Kier alpha value is -1.20. The highest BCUT2D eigenvalue weighted by molar-refractivity contribution is 5.24. The molecule has 1 aliphatic rings. The number of nitrogen functional groups attached to an aromatic ring is 1. The van der Waals surface area contributed by atoms with Crippen molar-refractivity contribution in [3.05, 3.63) is 18.1 Å². The van der Waals surface area contributed by atoms with Crippen molar-refractivity contribution in [3.63, 3.8) is 0 Å². The molecule has 5 heteroatoms. The molecule has 0 bridgehead atoms. The Bertz CT molecular complexity index is 368. The number of nitrogens with zero attached hydrogens (tertiary/aromatic N) is 3. The minimum atomic E-state index is 0.345. The fourth-order valence-corrected chi connectivity index (χ4v) is 2.39. The maximum absolute atomic E-state index is 6.09. The van der Waals surface area contributed by atoms with Crippen LogP contribution in [0.4, 0.5) is 5.82 Å². The summed E-state index contributed by atoms with van der Waals surface area (Å²) in [5, 5.41) is 0. The van der Waals surface area contributed by atoms with E-state index < -0.39 is 0 Å². The van der Waals surface area contributed by atoms with Crippen molar-refractivity contribution < 1.29 is 0 Å². The summed E-state index contributed by atoms with van der Waals surface area (Å²) in [6.07, 6.45) is 3.90. The molecule has 1 aromatic rings. The minimum absolute atomic E-state index is 0.345. The summed E-state index contributed by atoms with van der Waals surface area (Å²) in [5.74, 6) is 1.93. The topological polar surface area (TPSA) is 81.1 Å². The Labute approximate surface area is 102 Å². The van der Waals surface area contributed by atoms with E-state index >= 15 is 0 Å². The number of aromatic nitrogens is 2. The van der Waals surface area contributed by atoms with Gasteiger partial charge in [-0.3, -0.25) is 4.90 Å². The number of likely N-dealkylation sites (tertiary alicyclic amines) is 1. The van der Waals surface area contributed by atoms with E-state index in [9.17, 15) is 0 Å². The average molecular weight is 235 g/mol. The van der Waals surface area contributed by atoms with Gasteiger partial charge in [0, 0.05) is 25.3 Å². The van der Waals surface area contributed by atoms with Gasteiger partial charge in [0.25, 0.3) is 0 Å². The quantitative estimate of drug-likeness (QED) is 0.802. The van der Waals surface area contributed by atoms with E-state index in [4.69, 9.17) is 11.5 Å². The average Bonchev–Trinajstić information content (AvgIpc) is 2.32. The summed E-state index contributed by atoms with van der Waals surface area (Å²) in [6.45, 7) is 5.03. The molecule has 0 radical (unpaired) electrons. The normalized spacial score (nSPS) is 26.0. The molecule has 1 fully saturated rings. The van der Waals surface area contributed by atoms with Crippen LogP contribution in [0, 0.1) is 5.92 Å². The molecule has 2 rings (SSSR count). The highest BCUT2D eigenvalue weighted by Crippen LogP contribution is 2.19. The molecule has 1 aromatic heterocycles. The van der Waals surface area contributed by atoms with Crippen LogP contribution < -0.4 is 11.5 Å². The van der Waals surface area contributed by atoms with Gasteiger partial charge < -0.3 is 11.5 Å². The summed E-state index contributed by atoms with van der Waals surface area (Å²) in [7, 11) is 0. The molecule has 17 heavy (non-hydrogen) atoms. The van der Waals surface area contributed by atoms with Crippen LogP contribution in [0.5, 0.6) is 0 Å². The van der Waals surface area contributed by atoms with Crippen LogP contribution in [0.15, 0.2) is 12.3 Å². The third kappa shape index (κ3) is 3.14. The Kier molecular flexibility index (Phi) is 3.91. The molecule has 94 valence electrons. The van der Waals surface area contributed by atoms with Gasteiger partial charge in [-0.1, -0.05) is 13.3 Å². The number of hydrogen-bond donors (Lipinski definition) is 2. The van der Waals surface area contributed by atoms with Crippen LogP contribution in [0.3, 0.4) is 0 Å². The summed E-state index contributed by atoms with van der Waals surface area (Å²) in [4.78, 5) is 10.8. The molecule has 5 nitrogen and oxygen atoms in total. The largest absolute Gasteiger partial charge is 0.384 e. The molecule has 2 unspecified atom stereocenters. The molecule has 0 amide bonds. The van der Waals surface area contributed by atoms with Gasteiger partial charge in [-0.05, 0) is 18.4 Å². The lowest BCUT2D eigenvalue weighted by Crippen LogP contribution is -2.46. The first kappa shape index (κ1) is 12.3. The number of rotatable bonds is 3. The third-order valence-corrected chi connectivity index (χ3v) is 3.49. The van der Waals surface area contributed by atoms with E-state index in [1.807, 2.05) is 0 Å². The van der Waals surface area contributed by atoms with E-state index in [0.717, 1.165) is 38.3 Å². The van der Waals surface area contributed by atoms with E-state index in [2.05, 4.69) is 21.8 Å². The van der Waals surface area contributed by atoms with Crippen molar-refractivity contribution >= 4 is 5.82 Å². The third-order valence-electron chi connectivity index (χ3n) is 3.49. The Balaban J connectivity index is 1.95. The van der Waals surface area contributed by atoms with Gasteiger partial charge >= 0.3 is 0 Å². The maximum atomic E-state index is 6.09. The van der Waals surface area contributed by atoms with Crippen molar-refractivity contribution in [2.45, 2.75) is 32.4 Å².